The van der Waals surface area contributed by atoms with Gasteiger partial charge in [-0.1, -0.05) is 0 Å². The van der Waals surface area contributed by atoms with Gasteiger partial charge in [0.1, 0.15) is 17.3 Å². The molecule has 118 valence electrons. The van der Waals surface area contributed by atoms with Gasteiger partial charge in [0.25, 0.3) is 0 Å². The molecule has 0 fully saturated rings. The van der Waals surface area contributed by atoms with Crippen molar-refractivity contribution < 1.29 is 13.9 Å². The first kappa shape index (κ1) is 15.3. The summed E-state index contributed by atoms with van der Waals surface area (Å²) in [7, 11) is 1.64. The van der Waals surface area contributed by atoms with Crippen molar-refractivity contribution in [1.29, 1.82) is 0 Å². The van der Waals surface area contributed by atoms with Crippen molar-refractivity contribution in [1.82, 2.24) is 4.98 Å². The van der Waals surface area contributed by atoms with Gasteiger partial charge in [-0.3, -0.25) is 4.79 Å². The Hall–Kier alpha value is -2.60. The average molecular weight is 328 g/mol. The molecule has 0 spiro atoms. The first-order valence-electron chi connectivity index (χ1n) is 7.17. The van der Waals surface area contributed by atoms with Gasteiger partial charge in [-0.15, -0.1) is 11.3 Å². The van der Waals surface area contributed by atoms with Gasteiger partial charge in [-0.05, 0) is 36.4 Å². The van der Waals surface area contributed by atoms with Gasteiger partial charge in [0, 0.05) is 30.0 Å². The normalized spacial score (nSPS) is 10.5. The summed E-state index contributed by atoms with van der Waals surface area (Å²) in [6.45, 7) is 0. The summed E-state index contributed by atoms with van der Waals surface area (Å²) >= 11 is 1.40. The Balaban J connectivity index is 1.57. The average Bonchev–Trinajstić information content (AvgIpc) is 3.25. The molecule has 0 radical (unpaired) electrons. The van der Waals surface area contributed by atoms with Gasteiger partial charge in [0.2, 0.25) is 5.91 Å². The monoisotopic (exact) mass is 328 g/mol. The van der Waals surface area contributed by atoms with Crippen LogP contribution in [-0.4, -0.2) is 18.0 Å². The molecule has 0 saturated carbocycles. The molecule has 1 N–H and O–H groups in total. The number of hydrogen-bond acceptors (Lipinski definition) is 5. The van der Waals surface area contributed by atoms with Crippen LogP contribution in [0.5, 0.6) is 5.75 Å². The van der Waals surface area contributed by atoms with E-state index in [-0.39, 0.29) is 5.91 Å². The highest BCUT2D eigenvalue weighted by Crippen LogP contribution is 2.25. The van der Waals surface area contributed by atoms with E-state index in [9.17, 15) is 4.79 Å². The zero-order chi connectivity index (χ0) is 16.1. The number of methoxy groups -OCH3 is 1. The van der Waals surface area contributed by atoms with Crippen molar-refractivity contribution in [2.45, 2.75) is 12.8 Å². The molecular weight excluding hydrogens is 312 g/mol. The minimum absolute atomic E-state index is 0.0673. The highest BCUT2D eigenvalue weighted by Gasteiger charge is 2.09. The first-order chi connectivity index (χ1) is 11.2. The lowest BCUT2D eigenvalue weighted by Crippen LogP contribution is -2.11. The molecule has 0 bridgehead atoms. The molecular formula is C17H16N2O3S. The highest BCUT2D eigenvalue weighted by atomic mass is 32.1. The molecule has 2 heterocycles. The second-order valence-corrected chi connectivity index (χ2v) is 5.77. The second kappa shape index (κ2) is 7.11. The number of benzene rings is 1. The lowest BCUT2D eigenvalue weighted by atomic mass is 10.2. The van der Waals surface area contributed by atoms with Gasteiger partial charge in [0.15, 0.2) is 5.13 Å². The molecule has 0 unspecified atom stereocenters. The van der Waals surface area contributed by atoms with Crippen LogP contribution < -0.4 is 10.1 Å². The molecule has 3 rings (SSSR count). The number of hydrogen-bond donors (Lipinski definition) is 1. The number of amides is 1. The Kier molecular flexibility index (Phi) is 4.73. The smallest absolute Gasteiger partial charge is 0.226 e. The molecule has 0 aliphatic carbocycles. The molecule has 1 aromatic carbocycles. The third kappa shape index (κ3) is 3.98. The van der Waals surface area contributed by atoms with Crippen LogP contribution in [0.3, 0.4) is 0 Å². The summed E-state index contributed by atoms with van der Waals surface area (Å²) in [6, 6.07) is 11.5. The Bertz CT molecular complexity index is 764. The lowest BCUT2D eigenvalue weighted by Gasteiger charge is -2.01. The molecule has 6 heteroatoms. The number of thiazole rings is 1. The molecule has 0 atom stereocenters. The van der Waals surface area contributed by atoms with Crippen LogP contribution in [-0.2, 0) is 11.2 Å². The third-order valence-electron chi connectivity index (χ3n) is 3.31. The number of carbonyl (C=O) groups excluding carboxylic acids is 1. The lowest BCUT2D eigenvalue weighted by molar-refractivity contribution is -0.116. The van der Waals surface area contributed by atoms with Crippen molar-refractivity contribution in [2.24, 2.45) is 0 Å². The number of nitrogens with zero attached hydrogens (tertiary/aromatic N) is 1. The highest BCUT2D eigenvalue weighted by molar-refractivity contribution is 7.13. The zero-order valence-corrected chi connectivity index (χ0v) is 13.4. The van der Waals surface area contributed by atoms with E-state index in [2.05, 4.69) is 10.3 Å². The van der Waals surface area contributed by atoms with E-state index < -0.39 is 0 Å². The standard InChI is InChI=1S/C17H16N2O3S/c1-21-13-4-2-12(3-5-13)15-8-6-14(22-15)7-9-16(20)19-17-18-10-11-23-17/h2-6,8,10-11H,7,9H2,1H3,(H,18,19,20). The summed E-state index contributed by atoms with van der Waals surface area (Å²) < 4.78 is 10.9. The molecule has 0 saturated heterocycles. The van der Waals surface area contributed by atoms with Crippen molar-refractivity contribution in [3.63, 3.8) is 0 Å². The molecule has 0 aliphatic heterocycles. The summed E-state index contributed by atoms with van der Waals surface area (Å²) in [4.78, 5) is 15.9. The van der Waals surface area contributed by atoms with Crippen LogP contribution in [0.15, 0.2) is 52.4 Å². The van der Waals surface area contributed by atoms with Crippen LogP contribution in [0.25, 0.3) is 11.3 Å². The SMILES string of the molecule is COc1ccc(-c2ccc(CCC(=O)Nc3nccs3)o2)cc1. The fourth-order valence-corrected chi connectivity index (χ4v) is 2.67. The van der Waals surface area contributed by atoms with E-state index in [1.807, 2.05) is 41.8 Å². The topological polar surface area (TPSA) is 64.4 Å². The maximum Gasteiger partial charge on any atom is 0.226 e. The van der Waals surface area contributed by atoms with E-state index in [1.54, 1.807) is 13.3 Å². The van der Waals surface area contributed by atoms with Crippen molar-refractivity contribution in [2.75, 3.05) is 12.4 Å². The third-order valence-corrected chi connectivity index (χ3v) is 4.00. The first-order valence-corrected chi connectivity index (χ1v) is 8.05. The number of ether oxygens (including phenoxy) is 1. The van der Waals surface area contributed by atoms with Gasteiger partial charge in [0.05, 0.1) is 7.11 Å². The number of nitrogens with one attached hydrogen (secondary N) is 1. The Labute approximate surface area is 137 Å². The van der Waals surface area contributed by atoms with Gasteiger partial charge >= 0.3 is 0 Å². The van der Waals surface area contributed by atoms with Crippen molar-refractivity contribution in [3.8, 4) is 17.1 Å². The minimum atomic E-state index is -0.0673. The molecule has 2 aromatic heterocycles. The van der Waals surface area contributed by atoms with E-state index in [0.717, 1.165) is 22.8 Å². The van der Waals surface area contributed by atoms with E-state index in [0.29, 0.717) is 18.0 Å². The number of rotatable bonds is 6. The van der Waals surface area contributed by atoms with Gasteiger partial charge < -0.3 is 14.5 Å². The van der Waals surface area contributed by atoms with Gasteiger partial charge in [-0.25, -0.2) is 4.98 Å². The van der Waals surface area contributed by atoms with Gasteiger partial charge in [-0.2, -0.15) is 0 Å². The van der Waals surface area contributed by atoms with E-state index in [4.69, 9.17) is 9.15 Å². The predicted molar refractivity (Wildman–Crippen MR) is 89.8 cm³/mol. The quantitative estimate of drug-likeness (QED) is 0.743. The van der Waals surface area contributed by atoms with E-state index >= 15 is 0 Å². The Morgan fingerprint density at radius 3 is 2.78 bits per heavy atom. The van der Waals surface area contributed by atoms with Crippen molar-refractivity contribution >= 4 is 22.4 Å². The van der Waals surface area contributed by atoms with Crippen LogP contribution in [0.2, 0.25) is 0 Å². The predicted octanol–water partition coefficient (Wildman–Crippen LogP) is 3.98. The Morgan fingerprint density at radius 1 is 1.26 bits per heavy atom. The van der Waals surface area contributed by atoms with Crippen LogP contribution >= 0.6 is 11.3 Å². The number of furan rings is 1. The maximum atomic E-state index is 11.8. The fourth-order valence-electron chi connectivity index (χ4n) is 2.13. The number of aromatic nitrogens is 1. The van der Waals surface area contributed by atoms with Crippen LogP contribution in [0.4, 0.5) is 5.13 Å². The molecule has 5 nitrogen and oxygen atoms in total. The number of aryl methyl sites for hydroxylation is 1. The van der Waals surface area contributed by atoms with E-state index in [1.165, 1.54) is 11.3 Å². The van der Waals surface area contributed by atoms with Crippen LogP contribution in [0, 0.1) is 0 Å². The summed E-state index contributed by atoms with van der Waals surface area (Å²) in [5.74, 6) is 2.30. The number of carbonyl (C=O) groups is 1. The maximum absolute atomic E-state index is 11.8. The molecule has 0 aliphatic rings. The Morgan fingerprint density at radius 2 is 2.09 bits per heavy atom. The summed E-state index contributed by atoms with van der Waals surface area (Å²) in [5, 5.41) is 5.20. The zero-order valence-electron chi connectivity index (χ0n) is 12.6. The minimum Gasteiger partial charge on any atom is -0.497 e. The van der Waals surface area contributed by atoms with Crippen LogP contribution in [0.1, 0.15) is 12.2 Å². The molecule has 1 amide bonds. The summed E-state index contributed by atoms with van der Waals surface area (Å²) in [5.41, 5.74) is 0.976. The fraction of sp³-hybridized carbons (Fsp3) is 0.176. The molecule has 3 aromatic rings. The largest absolute Gasteiger partial charge is 0.497 e. The number of anilines is 1. The molecule has 23 heavy (non-hydrogen) atoms. The van der Waals surface area contributed by atoms with Crippen molar-refractivity contribution in [3.05, 3.63) is 53.7 Å². The summed E-state index contributed by atoms with van der Waals surface area (Å²) in [6.07, 6.45) is 2.57. The second-order valence-electron chi connectivity index (χ2n) is 4.88.